The van der Waals surface area contributed by atoms with E-state index >= 15 is 0 Å². The van der Waals surface area contributed by atoms with Gasteiger partial charge in [0, 0.05) is 13.1 Å². The van der Waals surface area contributed by atoms with E-state index < -0.39 is 5.54 Å². The van der Waals surface area contributed by atoms with Crippen molar-refractivity contribution in [3.8, 4) is 11.5 Å². The Morgan fingerprint density at radius 3 is 2.32 bits per heavy atom. The van der Waals surface area contributed by atoms with Gasteiger partial charge in [0.2, 0.25) is 0 Å². The molecular formula is C27H33N3O4. The molecule has 0 bridgehead atoms. The van der Waals surface area contributed by atoms with E-state index in [0.29, 0.717) is 19.8 Å². The molecule has 0 saturated carbocycles. The number of aryl methyl sites for hydroxylation is 2. The summed E-state index contributed by atoms with van der Waals surface area (Å²) in [5.74, 6) is 1.32. The number of ether oxygens (including phenoxy) is 2. The lowest BCUT2D eigenvalue weighted by molar-refractivity contribution is -0.132. The van der Waals surface area contributed by atoms with Gasteiger partial charge in [-0.1, -0.05) is 18.2 Å². The van der Waals surface area contributed by atoms with E-state index in [0.717, 1.165) is 54.9 Å². The van der Waals surface area contributed by atoms with Crippen LogP contribution in [0.4, 0.5) is 4.79 Å². The van der Waals surface area contributed by atoms with Gasteiger partial charge in [0.25, 0.3) is 5.91 Å². The van der Waals surface area contributed by atoms with Crippen LogP contribution in [0, 0.1) is 0 Å². The van der Waals surface area contributed by atoms with E-state index in [9.17, 15) is 9.59 Å². The second kappa shape index (κ2) is 8.95. The van der Waals surface area contributed by atoms with E-state index in [1.165, 1.54) is 21.6 Å². The van der Waals surface area contributed by atoms with Crippen molar-refractivity contribution in [1.29, 1.82) is 0 Å². The number of amides is 3. The molecule has 0 unspecified atom stereocenters. The van der Waals surface area contributed by atoms with Crippen LogP contribution >= 0.6 is 0 Å². The van der Waals surface area contributed by atoms with Crippen molar-refractivity contribution in [3.63, 3.8) is 0 Å². The first kappa shape index (κ1) is 22.7. The zero-order valence-electron chi connectivity index (χ0n) is 20.3. The number of carbonyl (C=O) groups is 2. The first-order valence-corrected chi connectivity index (χ1v) is 12.3. The smallest absolute Gasteiger partial charge is 0.326 e. The van der Waals surface area contributed by atoms with Crippen molar-refractivity contribution >= 4 is 11.9 Å². The van der Waals surface area contributed by atoms with Crippen molar-refractivity contribution in [2.75, 3.05) is 26.4 Å². The summed E-state index contributed by atoms with van der Waals surface area (Å²) in [4.78, 5) is 29.9. The highest BCUT2D eigenvalue weighted by atomic mass is 16.5. The second-order valence-electron chi connectivity index (χ2n) is 9.50. The summed E-state index contributed by atoms with van der Waals surface area (Å²) in [7, 11) is 0. The van der Waals surface area contributed by atoms with E-state index in [1.807, 2.05) is 32.9 Å². The maximum absolute atomic E-state index is 13.5. The highest BCUT2D eigenvalue weighted by Crippen LogP contribution is 2.35. The van der Waals surface area contributed by atoms with E-state index in [2.05, 4.69) is 28.4 Å². The summed E-state index contributed by atoms with van der Waals surface area (Å²) < 4.78 is 11.6. The third kappa shape index (κ3) is 3.92. The molecule has 2 aromatic carbocycles. The summed E-state index contributed by atoms with van der Waals surface area (Å²) >= 11 is 0. The van der Waals surface area contributed by atoms with Crippen LogP contribution in [0.3, 0.4) is 0 Å². The Bertz CT molecular complexity index is 1130. The summed E-state index contributed by atoms with van der Waals surface area (Å²) in [6.07, 6.45) is 4.10. The molecule has 5 rings (SSSR count). The summed E-state index contributed by atoms with van der Waals surface area (Å²) in [6, 6.07) is 9.98. The topological polar surface area (TPSA) is 71.1 Å². The molecule has 0 radical (unpaired) electrons. The van der Waals surface area contributed by atoms with Gasteiger partial charge in [-0.25, -0.2) is 9.69 Å². The van der Waals surface area contributed by atoms with Gasteiger partial charge in [-0.3, -0.25) is 9.69 Å². The predicted octanol–water partition coefficient (Wildman–Crippen LogP) is 3.76. The average molecular weight is 464 g/mol. The van der Waals surface area contributed by atoms with Crippen molar-refractivity contribution in [2.45, 2.75) is 58.5 Å². The summed E-state index contributed by atoms with van der Waals surface area (Å²) in [5.41, 5.74) is 4.85. The molecule has 2 aliphatic heterocycles. The molecule has 1 N–H and O–H groups in total. The SMILES string of the molecule is CCOc1cc2c(cc1OCC)CN(CN1C(=O)N[C@](C)(c3ccc4c(c3)CCC4)C1=O)CC2. The number of urea groups is 1. The normalized spacial score (nSPS) is 21.9. The Morgan fingerprint density at radius 2 is 1.59 bits per heavy atom. The van der Waals surface area contributed by atoms with E-state index in [4.69, 9.17) is 9.47 Å². The zero-order valence-corrected chi connectivity index (χ0v) is 20.3. The highest BCUT2D eigenvalue weighted by molar-refractivity contribution is 6.07. The monoisotopic (exact) mass is 463 g/mol. The third-order valence-corrected chi connectivity index (χ3v) is 7.25. The summed E-state index contributed by atoms with van der Waals surface area (Å²) in [5, 5.41) is 2.97. The molecule has 1 saturated heterocycles. The highest BCUT2D eigenvalue weighted by Gasteiger charge is 2.49. The van der Waals surface area contributed by atoms with Gasteiger partial charge >= 0.3 is 6.03 Å². The Morgan fingerprint density at radius 1 is 0.912 bits per heavy atom. The number of hydrogen-bond donors (Lipinski definition) is 1. The Kier molecular flexibility index (Phi) is 5.98. The number of nitrogens with zero attached hydrogens (tertiary/aromatic N) is 2. The molecule has 0 spiro atoms. The molecule has 1 aliphatic carbocycles. The number of carbonyl (C=O) groups excluding carboxylic acids is 2. The fourth-order valence-electron chi connectivity index (χ4n) is 5.38. The van der Waals surface area contributed by atoms with Crippen LogP contribution in [0.25, 0.3) is 0 Å². The van der Waals surface area contributed by atoms with E-state index in [1.54, 1.807) is 0 Å². The molecule has 7 heteroatoms. The van der Waals surface area contributed by atoms with Crippen LogP contribution in [0.5, 0.6) is 11.5 Å². The number of benzene rings is 2. The van der Waals surface area contributed by atoms with Crippen molar-refractivity contribution < 1.29 is 19.1 Å². The molecule has 1 fully saturated rings. The standard InChI is InChI=1S/C27H33N3O4/c1-4-33-23-14-20-11-12-29(16-21(20)15-24(23)34-5-2)17-30-25(31)27(3,28-26(30)32)22-10-9-18-7-6-8-19(18)13-22/h9-10,13-15H,4-8,11-12,16-17H2,1-3H3,(H,28,32)/t27-/m1/s1. The molecule has 2 aromatic rings. The molecule has 34 heavy (non-hydrogen) atoms. The third-order valence-electron chi connectivity index (χ3n) is 7.25. The number of rotatable bonds is 7. The molecular weight excluding hydrogens is 430 g/mol. The fourth-order valence-corrected chi connectivity index (χ4v) is 5.38. The number of nitrogens with one attached hydrogen (secondary N) is 1. The number of imide groups is 1. The van der Waals surface area contributed by atoms with Crippen LogP contribution in [-0.4, -0.2) is 48.2 Å². The van der Waals surface area contributed by atoms with Crippen molar-refractivity contribution in [3.05, 3.63) is 58.1 Å². The minimum Gasteiger partial charge on any atom is -0.490 e. The average Bonchev–Trinajstić information content (AvgIpc) is 3.38. The molecule has 7 nitrogen and oxygen atoms in total. The fraction of sp³-hybridized carbons (Fsp3) is 0.481. The molecule has 2 heterocycles. The van der Waals surface area contributed by atoms with Gasteiger partial charge in [-0.2, -0.15) is 0 Å². The second-order valence-corrected chi connectivity index (χ2v) is 9.50. The molecule has 180 valence electrons. The van der Waals surface area contributed by atoms with Crippen LogP contribution in [0.2, 0.25) is 0 Å². The number of hydrogen-bond acceptors (Lipinski definition) is 5. The van der Waals surface area contributed by atoms with Crippen LogP contribution in [0.1, 0.15) is 55.0 Å². The maximum atomic E-state index is 13.5. The van der Waals surface area contributed by atoms with Crippen LogP contribution in [0.15, 0.2) is 30.3 Å². The van der Waals surface area contributed by atoms with Crippen molar-refractivity contribution in [2.24, 2.45) is 0 Å². The Labute approximate surface area is 201 Å². The number of fused-ring (bicyclic) bond motifs is 2. The lowest BCUT2D eigenvalue weighted by Gasteiger charge is -2.32. The van der Waals surface area contributed by atoms with Crippen molar-refractivity contribution in [1.82, 2.24) is 15.1 Å². The molecule has 0 aromatic heterocycles. The first-order chi connectivity index (χ1) is 16.4. The summed E-state index contributed by atoms with van der Waals surface area (Å²) in [6.45, 7) is 8.56. The molecule has 1 atom stereocenters. The minimum absolute atomic E-state index is 0.192. The quantitative estimate of drug-likeness (QED) is 0.633. The largest absolute Gasteiger partial charge is 0.490 e. The Hall–Kier alpha value is -3.06. The maximum Gasteiger partial charge on any atom is 0.326 e. The Balaban J connectivity index is 1.33. The van der Waals surface area contributed by atoms with Gasteiger partial charge in [-0.05, 0) is 86.4 Å². The van der Waals surface area contributed by atoms with Gasteiger partial charge in [0.1, 0.15) is 5.54 Å². The minimum atomic E-state index is -1.03. The lowest BCUT2D eigenvalue weighted by Crippen LogP contribution is -2.45. The van der Waals surface area contributed by atoms with E-state index in [-0.39, 0.29) is 18.6 Å². The molecule has 3 aliphatic rings. The van der Waals surface area contributed by atoms with Gasteiger partial charge in [0.05, 0.1) is 19.9 Å². The first-order valence-electron chi connectivity index (χ1n) is 12.3. The lowest BCUT2D eigenvalue weighted by atomic mass is 9.90. The van der Waals surface area contributed by atoms with Crippen LogP contribution < -0.4 is 14.8 Å². The van der Waals surface area contributed by atoms with Crippen LogP contribution in [-0.2, 0) is 36.1 Å². The predicted molar refractivity (Wildman–Crippen MR) is 129 cm³/mol. The van der Waals surface area contributed by atoms with Gasteiger partial charge in [-0.15, -0.1) is 0 Å². The molecule has 3 amide bonds. The van der Waals surface area contributed by atoms with Gasteiger partial charge < -0.3 is 14.8 Å². The van der Waals surface area contributed by atoms with Gasteiger partial charge in [0.15, 0.2) is 11.5 Å². The zero-order chi connectivity index (χ0) is 23.9.